The van der Waals surface area contributed by atoms with E-state index in [1.54, 1.807) is 6.07 Å². The molecule has 3 nitrogen and oxygen atoms in total. The summed E-state index contributed by atoms with van der Waals surface area (Å²) in [5.74, 6) is 0. The van der Waals surface area contributed by atoms with Crippen LogP contribution in [-0.4, -0.2) is 42.4 Å². The highest BCUT2D eigenvalue weighted by Crippen LogP contribution is 2.40. The van der Waals surface area contributed by atoms with Crippen molar-refractivity contribution in [1.29, 1.82) is 0 Å². The van der Waals surface area contributed by atoms with Gasteiger partial charge in [0.15, 0.2) is 0 Å². The SMILES string of the molecule is OC1CC(c2ccccc2C(F)(F)F)N(CC2=CCCOC2)C1. The number of aliphatic hydroxyl groups is 1. The normalized spacial score (nSPS) is 26.3. The Labute approximate surface area is 133 Å². The molecule has 1 aromatic carbocycles. The topological polar surface area (TPSA) is 32.7 Å². The smallest absolute Gasteiger partial charge is 0.392 e. The first kappa shape index (κ1) is 16.5. The quantitative estimate of drug-likeness (QED) is 0.866. The fourth-order valence-corrected chi connectivity index (χ4v) is 3.40. The van der Waals surface area contributed by atoms with Gasteiger partial charge in [0.25, 0.3) is 0 Å². The second-order valence-electron chi connectivity index (χ2n) is 6.12. The second-order valence-corrected chi connectivity index (χ2v) is 6.12. The molecule has 126 valence electrons. The lowest BCUT2D eigenvalue weighted by Crippen LogP contribution is -2.30. The molecule has 0 saturated carbocycles. The molecule has 1 fully saturated rings. The van der Waals surface area contributed by atoms with Gasteiger partial charge in [-0.2, -0.15) is 13.2 Å². The van der Waals surface area contributed by atoms with Crippen LogP contribution < -0.4 is 0 Å². The van der Waals surface area contributed by atoms with Gasteiger partial charge in [0, 0.05) is 19.1 Å². The van der Waals surface area contributed by atoms with Gasteiger partial charge in [-0.1, -0.05) is 24.3 Å². The lowest BCUT2D eigenvalue weighted by atomic mass is 9.97. The summed E-state index contributed by atoms with van der Waals surface area (Å²) in [6.07, 6.45) is -1.76. The molecule has 2 atom stereocenters. The second kappa shape index (κ2) is 6.63. The number of alkyl halides is 3. The number of hydrogen-bond donors (Lipinski definition) is 1. The molecule has 0 bridgehead atoms. The number of likely N-dealkylation sites (tertiary alicyclic amines) is 1. The molecule has 1 aromatic rings. The van der Waals surface area contributed by atoms with Crippen LogP contribution in [0.4, 0.5) is 13.2 Å². The van der Waals surface area contributed by atoms with E-state index in [1.165, 1.54) is 12.1 Å². The van der Waals surface area contributed by atoms with Gasteiger partial charge in [-0.15, -0.1) is 0 Å². The van der Waals surface area contributed by atoms with Gasteiger partial charge < -0.3 is 9.84 Å². The molecular weight excluding hydrogens is 307 g/mol. The maximum atomic E-state index is 13.3. The van der Waals surface area contributed by atoms with Crippen LogP contribution >= 0.6 is 0 Å². The minimum atomic E-state index is -4.39. The van der Waals surface area contributed by atoms with E-state index in [4.69, 9.17) is 4.74 Å². The summed E-state index contributed by atoms with van der Waals surface area (Å²) in [6, 6.07) is 5.23. The first-order valence-corrected chi connectivity index (χ1v) is 7.79. The average molecular weight is 327 g/mol. The Bertz CT molecular complexity index is 585. The Kier molecular flexibility index (Phi) is 4.75. The van der Waals surface area contributed by atoms with E-state index < -0.39 is 23.9 Å². The van der Waals surface area contributed by atoms with Gasteiger partial charge in [0.05, 0.1) is 24.9 Å². The van der Waals surface area contributed by atoms with E-state index in [2.05, 4.69) is 6.08 Å². The summed E-state index contributed by atoms with van der Waals surface area (Å²) < 4.78 is 45.2. The van der Waals surface area contributed by atoms with Crippen molar-refractivity contribution in [2.45, 2.75) is 31.2 Å². The van der Waals surface area contributed by atoms with Gasteiger partial charge in [0.1, 0.15) is 0 Å². The molecule has 23 heavy (non-hydrogen) atoms. The van der Waals surface area contributed by atoms with Gasteiger partial charge >= 0.3 is 6.18 Å². The first-order chi connectivity index (χ1) is 10.9. The maximum Gasteiger partial charge on any atom is 0.416 e. The number of nitrogens with zero attached hydrogens (tertiary/aromatic N) is 1. The Morgan fingerprint density at radius 1 is 1.26 bits per heavy atom. The van der Waals surface area contributed by atoms with Crippen LogP contribution in [0, 0.1) is 0 Å². The van der Waals surface area contributed by atoms with Crippen molar-refractivity contribution in [1.82, 2.24) is 4.90 Å². The van der Waals surface area contributed by atoms with E-state index in [-0.39, 0.29) is 5.56 Å². The highest BCUT2D eigenvalue weighted by molar-refractivity contribution is 5.33. The largest absolute Gasteiger partial charge is 0.416 e. The Balaban J connectivity index is 1.86. The predicted octanol–water partition coefficient (Wildman–Crippen LogP) is 3.16. The Hall–Kier alpha value is -1.37. The maximum absolute atomic E-state index is 13.3. The molecule has 1 saturated heterocycles. The number of ether oxygens (including phenoxy) is 1. The number of hydrogen-bond acceptors (Lipinski definition) is 3. The van der Waals surface area contributed by atoms with Crippen LogP contribution in [0.5, 0.6) is 0 Å². The van der Waals surface area contributed by atoms with Gasteiger partial charge in [0.2, 0.25) is 0 Å². The third kappa shape index (κ3) is 3.76. The third-order valence-corrected chi connectivity index (χ3v) is 4.40. The summed E-state index contributed by atoms with van der Waals surface area (Å²) in [5, 5.41) is 9.98. The number of rotatable bonds is 3. The summed E-state index contributed by atoms with van der Waals surface area (Å²) in [7, 11) is 0. The van der Waals surface area contributed by atoms with Crippen LogP contribution in [-0.2, 0) is 10.9 Å². The molecule has 2 unspecified atom stereocenters. The van der Waals surface area contributed by atoms with Crippen molar-refractivity contribution in [2.75, 3.05) is 26.3 Å². The molecule has 2 heterocycles. The molecule has 3 rings (SSSR count). The van der Waals surface area contributed by atoms with Crippen molar-refractivity contribution in [2.24, 2.45) is 0 Å². The summed E-state index contributed by atoms with van der Waals surface area (Å²) in [4.78, 5) is 1.93. The van der Waals surface area contributed by atoms with E-state index in [9.17, 15) is 18.3 Å². The zero-order chi connectivity index (χ0) is 16.4. The molecule has 0 spiro atoms. The zero-order valence-corrected chi connectivity index (χ0v) is 12.7. The predicted molar refractivity (Wildman–Crippen MR) is 79.9 cm³/mol. The molecule has 6 heteroatoms. The van der Waals surface area contributed by atoms with Crippen molar-refractivity contribution >= 4 is 0 Å². The summed E-state index contributed by atoms with van der Waals surface area (Å²) in [5.41, 5.74) is 0.701. The van der Waals surface area contributed by atoms with Gasteiger partial charge in [-0.25, -0.2) is 0 Å². The Morgan fingerprint density at radius 2 is 2.04 bits per heavy atom. The highest BCUT2D eigenvalue weighted by Gasteiger charge is 2.39. The molecule has 2 aliphatic heterocycles. The monoisotopic (exact) mass is 327 g/mol. The minimum absolute atomic E-state index is 0.244. The molecule has 0 radical (unpaired) electrons. The standard InChI is InChI=1S/C17H20F3NO2/c18-17(19,20)15-6-2-1-5-14(15)16-8-13(22)10-21(16)9-12-4-3-7-23-11-12/h1-2,4-6,13,16,22H,3,7-11H2. The van der Waals surface area contributed by atoms with Crippen LogP contribution in [0.1, 0.15) is 30.0 Å². The Morgan fingerprint density at radius 3 is 2.74 bits per heavy atom. The van der Waals surface area contributed by atoms with Crippen molar-refractivity contribution in [3.05, 3.63) is 47.0 Å². The number of β-amino-alcohol motifs (C(OH)–C–C–N with tert-alkyl or cyclic N) is 1. The molecule has 0 aliphatic carbocycles. The average Bonchev–Trinajstić information content (AvgIpc) is 2.88. The van der Waals surface area contributed by atoms with Gasteiger partial charge in [-0.05, 0) is 30.0 Å². The molecule has 0 amide bonds. The minimum Gasteiger partial charge on any atom is -0.392 e. The van der Waals surface area contributed by atoms with Crippen LogP contribution in [0.3, 0.4) is 0 Å². The summed E-state index contributed by atoms with van der Waals surface area (Å²) >= 11 is 0. The molecule has 2 aliphatic rings. The number of benzene rings is 1. The van der Waals surface area contributed by atoms with E-state index in [0.717, 1.165) is 18.1 Å². The van der Waals surface area contributed by atoms with Crippen molar-refractivity contribution < 1.29 is 23.0 Å². The first-order valence-electron chi connectivity index (χ1n) is 7.79. The fraction of sp³-hybridized carbons (Fsp3) is 0.529. The molecule has 0 aromatic heterocycles. The lowest BCUT2D eigenvalue weighted by Gasteiger charge is -2.28. The van der Waals surface area contributed by atoms with E-state index in [0.29, 0.717) is 32.7 Å². The van der Waals surface area contributed by atoms with E-state index in [1.807, 2.05) is 4.90 Å². The highest BCUT2D eigenvalue weighted by atomic mass is 19.4. The van der Waals surface area contributed by atoms with Crippen molar-refractivity contribution in [3.63, 3.8) is 0 Å². The van der Waals surface area contributed by atoms with Crippen molar-refractivity contribution in [3.8, 4) is 0 Å². The third-order valence-electron chi connectivity index (χ3n) is 4.40. The lowest BCUT2D eigenvalue weighted by molar-refractivity contribution is -0.138. The van der Waals surface area contributed by atoms with Crippen LogP contribution in [0.25, 0.3) is 0 Å². The molecule has 1 N–H and O–H groups in total. The molecular formula is C17H20F3NO2. The van der Waals surface area contributed by atoms with Crippen LogP contribution in [0.15, 0.2) is 35.9 Å². The van der Waals surface area contributed by atoms with Crippen LogP contribution in [0.2, 0.25) is 0 Å². The zero-order valence-electron chi connectivity index (χ0n) is 12.7. The summed E-state index contributed by atoms with van der Waals surface area (Å²) in [6.45, 7) is 2.12. The van der Waals surface area contributed by atoms with E-state index >= 15 is 0 Å². The number of halogens is 3. The number of aliphatic hydroxyl groups excluding tert-OH is 1. The van der Waals surface area contributed by atoms with Gasteiger partial charge in [-0.3, -0.25) is 4.90 Å². The fourth-order valence-electron chi connectivity index (χ4n) is 3.40.